The number of ketones is 1. The number of aromatic amines is 1. The van der Waals surface area contributed by atoms with Gasteiger partial charge in [0, 0.05) is 30.9 Å². The van der Waals surface area contributed by atoms with Gasteiger partial charge in [0.05, 0.1) is 11.4 Å². The van der Waals surface area contributed by atoms with Crippen molar-refractivity contribution in [3.8, 4) is 0 Å². The second-order valence-corrected chi connectivity index (χ2v) is 11.1. The Kier molecular flexibility index (Phi) is 10.5. The maximum absolute atomic E-state index is 9.87. The highest BCUT2D eigenvalue weighted by Gasteiger charge is 2.56. The number of aromatic nitrogens is 1. The Morgan fingerprint density at radius 3 is 2.04 bits per heavy atom. The minimum atomic E-state index is -0.550. The van der Waals surface area contributed by atoms with Gasteiger partial charge in [-0.1, -0.05) is 91.6 Å². The molecule has 3 aromatic rings. The molecule has 0 spiro atoms. The standard InChI is InChI=1S/C31H32N2O.C4H6O.C3H3NO2/c1-5-15-25(16-6-1)29-30(32-23-13-14-24-32)31(26-17-7-2-8-18-26,27-19-9-3-10-20-27)33(34-29)28-21-11-4-12-22-28;1-3-4(2)5;5-3-1-2-4-6-3/h2,4-5,7-9,11-12,15-22H,1,3,6,10,13-14,23-24H2;3H,1H2,2H3;1-2,4H. The zero-order valence-electron chi connectivity index (χ0n) is 25.9. The molecule has 2 aliphatic carbocycles. The third kappa shape index (κ3) is 7.04. The lowest BCUT2D eigenvalue weighted by Crippen LogP contribution is -2.48. The summed E-state index contributed by atoms with van der Waals surface area (Å²) in [5.41, 5.74) is 5.21. The summed E-state index contributed by atoms with van der Waals surface area (Å²) in [6.45, 7) is 6.80. The van der Waals surface area contributed by atoms with Gasteiger partial charge < -0.3 is 14.3 Å². The summed E-state index contributed by atoms with van der Waals surface area (Å²) in [5.74, 6) is 1.02. The summed E-state index contributed by atoms with van der Waals surface area (Å²) in [4.78, 5) is 29.2. The Balaban J connectivity index is 0.000000310. The molecule has 1 saturated heterocycles. The zero-order valence-corrected chi connectivity index (χ0v) is 25.9. The molecule has 2 aliphatic heterocycles. The molecule has 2 aromatic carbocycles. The lowest BCUT2D eigenvalue weighted by atomic mass is 9.76. The van der Waals surface area contributed by atoms with Crippen LogP contribution in [0.3, 0.4) is 0 Å². The van der Waals surface area contributed by atoms with Crippen molar-refractivity contribution in [2.24, 2.45) is 0 Å². The number of likely N-dealkylation sites (tertiary alicyclic amines) is 1. The van der Waals surface area contributed by atoms with Crippen molar-refractivity contribution < 1.29 is 14.2 Å². The first-order valence-electron chi connectivity index (χ1n) is 15.6. The van der Waals surface area contributed by atoms with E-state index in [0.717, 1.165) is 50.2 Å². The van der Waals surface area contributed by atoms with Crippen molar-refractivity contribution in [3.63, 3.8) is 0 Å². The van der Waals surface area contributed by atoms with Crippen LogP contribution in [0.4, 0.5) is 5.69 Å². The number of benzene rings is 2. The predicted molar refractivity (Wildman–Crippen MR) is 179 cm³/mol. The second kappa shape index (κ2) is 15.1. The normalized spacial score (nSPS) is 20.3. The molecule has 1 fully saturated rings. The molecule has 1 unspecified atom stereocenters. The van der Waals surface area contributed by atoms with Gasteiger partial charge in [-0.3, -0.25) is 4.79 Å². The van der Waals surface area contributed by atoms with Crippen molar-refractivity contribution in [2.75, 3.05) is 18.2 Å². The van der Waals surface area contributed by atoms with E-state index in [0.29, 0.717) is 0 Å². The Morgan fingerprint density at radius 2 is 1.53 bits per heavy atom. The highest BCUT2D eigenvalue weighted by molar-refractivity contribution is 5.86. The summed E-state index contributed by atoms with van der Waals surface area (Å²) in [5, 5.41) is 4.43. The van der Waals surface area contributed by atoms with Crippen LogP contribution in [-0.4, -0.2) is 28.9 Å². The average Bonchev–Trinajstić information content (AvgIpc) is 3.88. The number of hydroxylamine groups is 1. The Morgan fingerprint density at radius 1 is 0.889 bits per heavy atom. The molecule has 0 amide bonds. The molecule has 232 valence electrons. The van der Waals surface area contributed by atoms with Gasteiger partial charge in [0.1, 0.15) is 0 Å². The number of allylic oxidation sites excluding steroid dienone is 6. The van der Waals surface area contributed by atoms with Gasteiger partial charge in [-0.15, -0.1) is 0 Å². The topological polar surface area (TPSA) is 78.8 Å². The molecule has 3 heterocycles. The maximum Gasteiger partial charge on any atom is 0.357 e. The molecule has 7 rings (SSSR count). The number of para-hydroxylation sites is 1. The van der Waals surface area contributed by atoms with E-state index in [1.54, 1.807) is 0 Å². The smallest absolute Gasteiger partial charge is 0.357 e. The summed E-state index contributed by atoms with van der Waals surface area (Å²) in [6, 6.07) is 22.9. The number of hydrogen-bond donors (Lipinski definition) is 1. The van der Waals surface area contributed by atoms with E-state index in [2.05, 4.69) is 123 Å². The van der Waals surface area contributed by atoms with E-state index < -0.39 is 5.54 Å². The lowest BCUT2D eigenvalue weighted by Gasteiger charge is -2.43. The molecule has 1 atom stereocenters. The number of rotatable bonds is 6. The van der Waals surface area contributed by atoms with Crippen molar-refractivity contribution in [2.45, 2.75) is 51.0 Å². The van der Waals surface area contributed by atoms with E-state index in [1.807, 2.05) is 0 Å². The number of H-pyrrole nitrogens is 1. The molecule has 1 N–H and O–H groups in total. The van der Waals surface area contributed by atoms with Crippen LogP contribution in [0, 0.1) is 0 Å². The summed E-state index contributed by atoms with van der Waals surface area (Å²) < 4.78 is 4.15. The minimum Gasteiger partial charge on any atom is -0.375 e. The van der Waals surface area contributed by atoms with Gasteiger partial charge in [-0.25, -0.2) is 9.95 Å². The Bertz CT molecular complexity index is 1640. The molecule has 1 aromatic heterocycles. The van der Waals surface area contributed by atoms with Crippen molar-refractivity contribution >= 4 is 11.5 Å². The van der Waals surface area contributed by atoms with Crippen LogP contribution in [0.25, 0.3) is 0 Å². The molecule has 7 nitrogen and oxygen atoms in total. The van der Waals surface area contributed by atoms with E-state index >= 15 is 0 Å². The third-order valence-corrected chi connectivity index (χ3v) is 8.05. The number of nitrogens with zero attached hydrogens (tertiary/aromatic N) is 2. The number of nitrogens with one attached hydrogen (secondary N) is 1. The fourth-order valence-electron chi connectivity index (χ4n) is 6.02. The van der Waals surface area contributed by atoms with Gasteiger partial charge in [0.15, 0.2) is 17.1 Å². The SMILES string of the molecule is C1=CC(C2=C(N3CCCC3)C(C3=CCCC=C3)(c3ccccc3)N(c3ccccc3)O2)=CCC1.C=CC(C)=O.O=c1cc[nH]o1. The van der Waals surface area contributed by atoms with Crippen molar-refractivity contribution in [1.29, 1.82) is 0 Å². The number of hydrogen-bond acceptors (Lipinski definition) is 6. The Hall–Kier alpha value is -5.04. The molecule has 0 saturated carbocycles. The number of anilines is 1. The largest absolute Gasteiger partial charge is 0.375 e. The van der Waals surface area contributed by atoms with E-state index in [4.69, 9.17) is 4.84 Å². The number of carbonyl (C=O) groups is 1. The van der Waals surface area contributed by atoms with Crippen molar-refractivity contribution in [3.05, 3.63) is 161 Å². The van der Waals surface area contributed by atoms with Crippen LogP contribution < -0.4 is 10.7 Å². The van der Waals surface area contributed by atoms with E-state index in [1.165, 1.54) is 60.5 Å². The lowest BCUT2D eigenvalue weighted by molar-refractivity contribution is -0.112. The molecule has 4 aliphatic rings. The van der Waals surface area contributed by atoms with Crippen LogP contribution in [0.15, 0.2) is 154 Å². The van der Waals surface area contributed by atoms with Crippen LogP contribution in [0.2, 0.25) is 0 Å². The first kappa shape index (κ1) is 31.4. The second-order valence-electron chi connectivity index (χ2n) is 11.1. The molecular formula is C38H41N3O4. The van der Waals surface area contributed by atoms with Gasteiger partial charge in [-0.2, -0.15) is 5.06 Å². The molecule has 45 heavy (non-hydrogen) atoms. The fourth-order valence-corrected chi connectivity index (χ4v) is 6.02. The van der Waals surface area contributed by atoms with Gasteiger partial charge in [0.2, 0.25) is 0 Å². The van der Waals surface area contributed by atoms with Crippen LogP contribution >= 0.6 is 0 Å². The predicted octanol–water partition coefficient (Wildman–Crippen LogP) is 7.92. The van der Waals surface area contributed by atoms with E-state index in [9.17, 15) is 9.59 Å². The monoisotopic (exact) mass is 603 g/mol. The highest BCUT2D eigenvalue weighted by Crippen LogP contribution is 2.55. The highest BCUT2D eigenvalue weighted by atomic mass is 16.7. The van der Waals surface area contributed by atoms with Gasteiger partial charge in [-0.05, 0) is 74.8 Å². The fraction of sp³-hybridized carbons (Fsp3) is 0.263. The third-order valence-electron chi connectivity index (χ3n) is 8.05. The maximum atomic E-state index is 9.87. The Labute approximate surface area is 265 Å². The van der Waals surface area contributed by atoms with Gasteiger partial charge in [0.25, 0.3) is 0 Å². The quantitative estimate of drug-likeness (QED) is 0.289. The first-order valence-corrected chi connectivity index (χ1v) is 15.6. The number of carbonyl (C=O) groups excluding carboxylic acids is 1. The van der Waals surface area contributed by atoms with Crippen LogP contribution in [0.1, 0.15) is 51.0 Å². The molecule has 0 radical (unpaired) electrons. The first-order chi connectivity index (χ1) is 22.1. The van der Waals surface area contributed by atoms with Crippen LogP contribution in [0.5, 0.6) is 0 Å². The molecule has 7 heteroatoms. The summed E-state index contributed by atoms with van der Waals surface area (Å²) >= 11 is 0. The summed E-state index contributed by atoms with van der Waals surface area (Å²) in [6.07, 6.45) is 23.4. The zero-order chi connectivity index (χ0) is 31.5. The summed E-state index contributed by atoms with van der Waals surface area (Å²) in [7, 11) is 0. The van der Waals surface area contributed by atoms with E-state index in [-0.39, 0.29) is 11.4 Å². The van der Waals surface area contributed by atoms with Gasteiger partial charge >= 0.3 is 5.63 Å². The van der Waals surface area contributed by atoms with Crippen LogP contribution in [-0.2, 0) is 15.2 Å². The average molecular weight is 604 g/mol. The minimum absolute atomic E-state index is 0.0185. The van der Waals surface area contributed by atoms with Crippen molar-refractivity contribution in [1.82, 2.24) is 10.1 Å². The molecule has 0 bridgehead atoms. The molecular weight excluding hydrogens is 562 g/mol.